The summed E-state index contributed by atoms with van der Waals surface area (Å²) in [7, 11) is 0. The molecule has 0 saturated carbocycles. The zero-order valence-electron chi connectivity index (χ0n) is 10.8. The van der Waals surface area contributed by atoms with Gasteiger partial charge in [0.2, 0.25) is 0 Å². The molecule has 1 aliphatic heterocycles. The largest absolute Gasteiger partial charge is 0.382 e. The molecule has 1 aliphatic rings. The van der Waals surface area contributed by atoms with Crippen LogP contribution in [0.1, 0.15) is 32.0 Å². The number of hydrogen-bond acceptors (Lipinski definition) is 4. The number of aromatic nitrogens is 2. The maximum Gasteiger partial charge on any atom is 0.168 e. The number of nitrogen functional groups attached to an aromatic ring is 1. The first-order chi connectivity index (χ1) is 8.19. The molecule has 0 bridgehead atoms. The van der Waals surface area contributed by atoms with Crippen molar-refractivity contribution < 1.29 is 0 Å². The van der Waals surface area contributed by atoms with Crippen LogP contribution in [0.4, 0.5) is 11.6 Å². The molecule has 5 nitrogen and oxygen atoms in total. The van der Waals surface area contributed by atoms with Crippen LogP contribution in [0.15, 0.2) is 0 Å². The minimum atomic E-state index is 0.508. The van der Waals surface area contributed by atoms with Gasteiger partial charge in [-0.1, -0.05) is 6.92 Å². The van der Waals surface area contributed by atoms with Gasteiger partial charge in [0.1, 0.15) is 11.6 Å². The number of rotatable bonds is 4. The van der Waals surface area contributed by atoms with E-state index in [1.54, 1.807) is 0 Å². The van der Waals surface area contributed by atoms with Gasteiger partial charge in [0.25, 0.3) is 0 Å². The molecule has 0 aromatic carbocycles. The highest BCUT2D eigenvalue weighted by Crippen LogP contribution is 2.19. The Balaban J connectivity index is 1.84. The summed E-state index contributed by atoms with van der Waals surface area (Å²) in [6.45, 7) is 7.73. The number of anilines is 2. The van der Waals surface area contributed by atoms with Crippen LogP contribution in [0.2, 0.25) is 0 Å². The van der Waals surface area contributed by atoms with Gasteiger partial charge in [-0.05, 0) is 32.7 Å². The van der Waals surface area contributed by atoms with Crippen molar-refractivity contribution in [3.05, 3.63) is 5.82 Å². The molecule has 17 heavy (non-hydrogen) atoms. The van der Waals surface area contributed by atoms with E-state index >= 15 is 0 Å². The van der Waals surface area contributed by atoms with Crippen molar-refractivity contribution in [2.24, 2.45) is 0 Å². The fraction of sp³-hybridized carbons (Fsp3) is 0.750. The highest BCUT2D eigenvalue weighted by Gasteiger charge is 2.19. The lowest BCUT2D eigenvalue weighted by atomic mass is 10.1. The Morgan fingerprint density at radius 2 is 2.18 bits per heavy atom. The first kappa shape index (κ1) is 12.2. The minimum Gasteiger partial charge on any atom is -0.382 e. The Hall–Kier alpha value is -1.23. The van der Waals surface area contributed by atoms with Crippen LogP contribution in [0.5, 0.6) is 0 Å². The van der Waals surface area contributed by atoms with Gasteiger partial charge in [-0.25, -0.2) is 4.98 Å². The summed E-state index contributed by atoms with van der Waals surface area (Å²) >= 11 is 0. The number of hydrogen-bond donors (Lipinski definition) is 3. The monoisotopic (exact) mass is 237 g/mol. The summed E-state index contributed by atoms with van der Waals surface area (Å²) in [6, 6.07) is 0.508. The van der Waals surface area contributed by atoms with E-state index in [0.717, 1.165) is 11.6 Å². The van der Waals surface area contributed by atoms with Crippen LogP contribution in [-0.4, -0.2) is 40.5 Å². The molecule has 0 unspecified atom stereocenters. The van der Waals surface area contributed by atoms with Gasteiger partial charge in [0, 0.05) is 19.1 Å². The quantitative estimate of drug-likeness (QED) is 0.743. The van der Waals surface area contributed by atoms with Crippen LogP contribution in [-0.2, 0) is 0 Å². The number of piperidine rings is 1. The molecule has 96 valence electrons. The van der Waals surface area contributed by atoms with Gasteiger partial charge in [-0.3, -0.25) is 0 Å². The fourth-order valence-electron chi connectivity index (χ4n) is 2.43. The molecular formula is C12H23N5. The second kappa shape index (κ2) is 5.40. The molecule has 2 rings (SSSR count). The number of aromatic amines is 1. The first-order valence-corrected chi connectivity index (χ1v) is 6.50. The van der Waals surface area contributed by atoms with Crippen molar-refractivity contribution in [1.82, 2.24) is 14.9 Å². The highest BCUT2D eigenvalue weighted by atomic mass is 15.2. The molecule has 0 spiro atoms. The average molecular weight is 237 g/mol. The molecule has 0 amide bonds. The van der Waals surface area contributed by atoms with Crippen molar-refractivity contribution in [3.63, 3.8) is 0 Å². The van der Waals surface area contributed by atoms with Gasteiger partial charge in [-0.2, -0.15) is 0 Å². The lowest BCUT2D eigenvalue weighted by Crippen LogP contribution is -2.39. The Morgan fingerprint density at radius 3 is 2.71 bits per heavy atom. The normalized spacial score (nSPS) is 18.5. The number of aryl methyl sites for hydroxylation is 1. The maximum atomic E-state index is 5.84. The lowest BCUT2D eigenvalue weighted by molar-refractivity contribution is 0.219. The van der Waals surface area contributed by atoms with Gasteiger partial charge < -0.3 is 20.9 Å². The van der Waals surface area contributed by atoms with Crippen molar-refractivity contribution >= 4 is 11.6 Å². The van der Waals surface area contributed by atoms with Gasteiger partial charge in [0.15, 0.2) is 5.82 Å². The van der Waals surface area contributed by atoms with E-state index in [0.29, 0.717) is 11.9 Å². The summed E-state index contributed by atoms with van der Waals surface area (Å²) in [5, 5.41) is 3.44. The standard InChI is InChI=1S/C12H23N5/c1-3-6-17-7-4-10(5-8-17)16-12-11(13)14-9(2)15-12/h10,16H,3-8,13H2,1-2H3,(H,14,15). The number of H-pyrrole nitrogens is 1. The molecule has 5 heteroatoms. The van der Waals surface area contributed by atoms with Crippen LogP contribution in [0, 0.1) is 6.92 Å². The Labute approximate surface area is 103 Å². The van der Waals surface area contributed by atoms with E-state index < -0.39 is 0 Å². The SMILES string of the molecule is CCCN1CCC(Nc2nc(C)[nH]c2N)CC1. The second-order valence-electron chi connectivity index (χ2n) is 4.84. The van der Waals surface area contributed by atoms with Gasteiger partial charge in [-0.15, -0.1) is 0 Å². The second-order valence-corrected chi connectivity index (χ2v) is 4.84. The maximum absolute atomic E-state index is 5.84. The Kier molecular flexibility index (Phi) is 3.89. The number of imidazole rings is 1. The smallest absolute Gasteiger partial charge is 0.168 e. The van der Waals surface area contributed by atoms with E-state index in [-0.39, 0.29) is 0 Å². The van der Waals surface area contributed by atoms with E-state index in [9.17, 15) is 0 Å². The van der Waals surface area contributed by atoms with E-state index in [4.69, 9.17) is 5.73 Å². The van der Waals surface area contributed by atoms with Crippen molar-refractivity contribution in [1.29, 1.82) is 0 Å². The predicted octanol–water partition coefficient (Wildman–Crippen LogP) is 1.59. The van der Waals surface area contributed by atoms with E-state index in [1.165, 1.54) is 38.9 Å². The molecule has 1 aromatic rings. The third-order valence-electron chi connectivity index (χ3n) is 3.32. The number of likely N-dealkylation sites (tertiary alicyclic amines) is 1. The van der Waals surface area contributed by atoms with Crippen molar-refractivity contribution in [2.75, 3.05) is 30.7 Å². The van der Waals surface area contributed by atoms with Crippen LogP contribution < -0.4 is 11.1 Å². The average Bonchev–Trinajstić information content (AvgIpc) is 2.61. The summed E-state index contributed by atoms with van der Waals surface area (Å²) in [5.41, 5.74) is 5.84. The minimum absolute atomic E-state index is 0.508. The molecule has 1 aromatic heterocycles. The van der Waals surface area contributed by atoms with Gasteiger partial charge >= 0.3 is 0 Å². The molecule has 1 fully saturated rings. The lowest BCUT2D eigenvalue weighted by Gasteiger charge is -2.32. The molecule has 4 N–H and O–H groups in total. The predicted molar refractivity (Wildman–Crippen MR) is 71.1 cm³/mol. The van der Waals surface area contributed by atoms with Gasteiger partial charge in [0.05, 0.1) is 0 Å². The molecule has 0 radical (unpaired) electrons. The summed E-state index contributed by atoms with van der Waals surface area (Å²) in [6.07, 6.45) is 3.58. The molecule has 0 atom stereocenters. The van der Waals surface area contributed by atoms with Crippen molar-refractivity contribution in [2.45, 2.75) is 39.2 Å². The summed E-state index contributed by atoms with van der Waals surface area (Å²) < 4.78 is 0. The van der Waals surface area contributed by atoms with Crippen LogP contribution in [0.25, 0.3) is 0 Å². The molecule has 1 saturated heterocycles. The zero-order valence-corrected chi connectivity index (χ0v) is 10.8. The Bertz CT molecular complexity index is 352. The van der Waals surface area contributed by atoms with Crippen molar-refractivity contribution in [3.8, 4) is 0 Å². The van der Waals surface area contributed by atoms with Crippen LogP contribution >= 0.6 is 0 Å². The molecule has 2 heterocycles. The third kappa shape index (κ3) is 3.12. The molecular weight excluding hydrogens is 214 g/mol. The highest BCUT2D eigenvalue weighted by molar-refractivity contribution is 5.57. The zero-order chi connectivity index (χ0) is 12.3. The topological polar surface area (TPSA) is 70.0 Å². The van der Waals surface area contributed by atoms with E-state index in [1.807, 2.05) is 6.92 Å². The van der Waals surface area contributed by atoms with Crippen LogP contribution in [0.3, 0.4) is 0 Å². The Morgan fingerprint density at radius 1 is 1.47 bits per heavy atom. The fourth-order valence-corrected chi connectivity index (χ4v) is 2.43. The number of nitrogens with zero attached hydrogens (tertiary/aromatic N) is 2. The van der Waals surface area contributed by atoms with E-state index in [2.05, 4.69) is 27.1 Å². The first-order valence-electron chi connectivity index (χ1n) is 6.50. The molecule has 0 aliphatic carbocycles. The summed E-state index contributed by atoms with van der Waals surface area (Å²) in [5.74, 6) is 2.34. The summed E-state index contributed by atoms with van der Waals surface area (Å²) in [4.78, 5) is 9.90. The number of nitrogens with two attached hydrogens (primary N) is 1. The number of nitrogens with one attached hydrogen (secondary N) is 2. The third-order valence-corrected chi connectivity index (χ3v) is 3.32.